The Labute approximate surface area is 128 Å². The molecule has 1 aromatic carbocycles. The number of hydrogen-bond donors (Lipinski definition) is 1. The van der Waals surface area contributed by atoms with E-state index in [-0.39, 0.29) is 18.1 Å². The van der Waals surface area contributed by atoms with Crippen LogP contribution in [0.15, 0.2) is 30.3 Å². The van der Waals surface area contributed by atoms with Gasteiger partial charge in [-0.3, -0.25) is 4.79 Å². The Morgan fingerprint density at radius 2 is 2.29 bits per heavy atom. The van der Waals surface area contributed by atoms with Crippen LogP contribution in [0.2, 0.25) is 5.15 Å². The van der Waals surface area contributed by atoms with Gasteiger partial charge in [-0.15, -0.1) is 0 Å². The molecular formula is C16H17ClN2O2. The zero-order chi connectivity index (χ0) is 14.8. The van der Waals surface area contributed by atoms with Crippen molar-refractivity contribution in [1.29, 1.82) is 0 Å². The molecule has 0 aliphatic carbocycles. The van der Waals surface area contributed by atoms with E-state index in [0.717, 1.165) is 30.2 Å². The summed E-state index contributed by atoms with van der Waals surface area (Å²) in [4.78, 5) is 16.5. The lowest BCUT2D eigenvalue weighted by atomic mass is 10.1. The maximum atomic E-state index is 12.3. The molecule has 1 amide bonds. The van der Waals surface area contributed by atoms with Gasteiger partial charge in [-0.1, -0.05) is 35.9 Å². The van der Waals surface area contributed by atoms with Gasteiger partial charge in [0.25, 0.3) is 5.91 Å². The van der Waals surface area contributed by atoms with Crippen LogP contribution in [0.25, 0.3) is 10.8 Å². The van der Waals surface area contributed by atoms with E-state index in [2.05, 4.69) is 10.3 Å². The van der Waals surface area contributed by atoms with Crippen LogP contribution >= 0.6 is 11.6 Å². The molecule has 1 aliphatic rings. The van der Waals surface area contributed by atoms with Crippen LogP contribution in [0.5, 0.6) is 0 Å². The molecule has 1 aliphatic heterocycles. The average Bonchev–Trinajstić information content (AvgIpc) is 3.01. The van der Waals surface area contributed by atoms with Crippen molar-refractivity contribution >= 4 is 28.3 Å². The Bertz CT molecular complexity index is 668. The third-order valence-electron chi connectivity index (χ3n) is 3.81. The van der Waals surface area contributed by atoms with Gasteiger partial charge >= 0.3 is 0 Å². The van der Waals surface area contributed by atoms with Crippen molar-refractivity contribution in [2.75, 3.05) is 6.61 Å². The van der Waals surface area contributed by atoms with Crippen molar-refractivity contribution in [2.24, 2.45) is 0 Å². The number of halogens is 1. The molecule has 0 saturated carbocycles. The van der Waals surface area contributed by atoms with Crippen LogP contribution in [0, 0.1) is 0 Å². The lowest BCUT2D eigenvalue weighted by Gasteiger charge is -2.19. The van der Waals surface area contributed by atoms with E-state index >= 15 is 0 Å². The molecule has 3 rings (SSSR count). The van der Waals surface area contributed by atoms with Gasteiger partial charge in [0, 0.05) is 12.0 Å². The number of nitrogens with zero attached hydrogens (tertiary/aromatic N) is 1. The molecule has 0 bridgehead atoms. The Hall–Kier alpha value is -1.65. The summed E-state index contributed by atoms with van der Waals surface area (Å²) in [6, 6.07) is 9.35. The molecule has 2 atom stereocenters. The summed E-state index contributed by atoms with van der Waals surface area (Å²) in [6.07, 6.45) is 2.11. The third kappa shape index (κ3) is 3.01. The van der Waals surface area contributed by atoms with Gasteiger partial charge in [0.1, 0.15) is 10.8 Å². The quantitative estimate of drug-likeness (QED) is 0.886. The zero-order valence-corrected chi connectivity index (χ0v) is 12.6. The minimum absolute atomic E-state index is 0.0351. The van der Waals surface area contributed by atoms with Gasteiger partial charge in [-0.25, -0.2) is 4.98 Å². The number of benzene rings is 1. The molecule has 110 valence electrons. The second kappa shape index (κ2) is 6.00. The van der Waals surface area contributed by atoms with E-state index in [1.165, 1.54) is 0 Å². The number of aromatic nitrogens is 1. The maximum absolute atomic E-state index is 12.3. The number of carbonyl (C=O) groups is 1. The minimum atomic E-state index is -0.217. The fourth-order valence-electron chi connectivity index (χ4n) is 2.64. The summed E-state index contributed by atoms with van der Waals surface area (Å²) < 4.78 is 5.58. The SMILES string of the molecule is C[C@H](NC(=O)c1cc2ccccc2c(Cl)n1)[C@@H]1CCCO1. The molecule has 2 aromatic rings. The Kier molecular flexibility index (Phi) is 4.08. The highest BCUT2D eigenvalue weighted by Crippen LogP contribution is 2.22. The van der Waals surface area contributed by atoms with Gasteiger partial charge in [-0.2, -0.15) is 0 Å². The highest BCUT2D eigenvalue weighted by molar-refractivity contribution is 6.34. The Morgan fingerprint density at radius 1 is 1.48 bits per heavy atom. The monoisotopic (exact) mass is 304 g/mol. The fraction of sp³-hybridized carbons (Fsp3) is 0.375. The number of amides is 1. The molecule has 4 nitrogen and oxygen atoms in total. The number of hydrogen-bond acceptors (Lipinski definition) is 3. The first-order valence-electron chi connectivity index (χ1n) is 7.13. The van der Waals surface area contributed by atoms with Crippen LogP contribution in [-0.2, 0) is 4.74 Å². The summed E-state index contributed by atoms with van der Waals surface area (Å²) in [5, 5.41) is 5.05. The predicted molar refractivity (Wildman–Crippen MR) is 82.7 cm³/mol. The predicted octanol–water partition coefficient (Wildman–Crippen LogP) is 3.19. The number of fused-ring (bicyclic) bond motifs is 1. The van der Waals surface area contributed by atoms with Crippen LogP contribution < -0.4 is 5.32 Å². The second-order valence-corrected chi connectivity index (χ2v) is 5.69. The second-order valence-electron chi connectivity index (χ2n) is 5.33. The topological polar surface area (TPSA) is 51.2 Å². The first-order chi connectivity index (χ1) is 10.1. The van der Waals surface area contributed by atoms with Crippen molar-refractivity contribution < 1.29 is 9.53 Å². The van der Waals surface area contributed by atoms with E-state index in [1.807, 2.05) is 31.2 Å². The average molecular weight is 305 g/mol. The van der Waals surface area contributed by atoms with Gasteiger partial charge in [0.05, 0.1) is 12.1 Å². The molecule has 5 heteroatoms. The van der Waals surface area contributed by atoms with Crippen LogP contribution in [0.3, 0.4) is 0 Å². The molecule has 1 aromatic heterocycles. The van der Waals surface area contributed by atoms with E-state index in [0.29, 0.717) is 10.8 Å². The Balaban J connectivity index is 1.81. The van der Waals surface area contributed by atoms with Crippen LogP contribution in [-0.4, -0.2) is 29.6 Å². The van der Waals surface area contributed by atoms with Crippen molar-refractivity contribution in [1.82, 2.24) is 10.3 Å². The largest absolute Gasteiger partial charge is 0.376 e. The zero-order valence-electron chi connectivity index (χ0n) is 11.8. The van der Waals surface area contributed by atoms with Crippen molar-refractivity contribution in [3.8, 4) is 0 Å². The molecule has 2 heterocycles. The number of ether oxygens (including phenoxy) is 1. The number of nitrogens with one attached hydrogen (secondary N) is 1. The van der Waals surface area contributed by atoms with Crippen molar-refractivity contribution in [3.05, 3.63) is 41.2 Å². The summed E-state index contributed by atoms with van der Waals surface area (Å²) >= 11 is 6.15. The standard InChI is InChI=1S/C16H17ClN2O2/c1-10(14-7-4-8-21-14)18-16(20)13-9-11-5-2-3-6-12(11)15(17)19-13/h2-3,5-6,9-10,14H,4,7-8H2,1H3,(H,18,20)/t10-,14-/m0/s1. The molecule has 1 saturated heterocycles. The molecule has 0 spiro atoms. The molecule has 0 radical (unpaired) electrons. The van der Waals surface area contributed by atoms with Crippen molar-refractivity contribution in [2.45, 2.75) is 31.9 Å². The van der Waals surface area contributed by atoms with E-state index in [1.54, 1.807) is 6.07 Å². The van der Waals surface area contributed by atoms with Crippen molar-refractivity contribution in [3.63, 3.8) is 0 Å². The highest BCUT2D eigenvalue weighted by atomic mass is 35.5. The summed E-state index contributed by atoms with van der Waals surface area (Å²) in [5.41, 5.74) is 0.337. The number of rotatable bonds is 3. The lowest BCUT2D eigenvalue weighted by molar-refractivity contribution is 0.0709. The third-order valence-corrected chi connectivity index (χ3v) is 4.10. The molecule has 21 heavy (non-hydrogen) atoms. The Morgan fingerprint density at radius 3 is 3.05 bits per heavy atom. The number of pyridine rings is 1. The number of carbonyl (C=O) groups excluding carboxylic acids is 1. The summed E-state index contributed by atoms with van der Waals surface area (Å²) in [5.74, 6) is -0.217. The molecular weight excluding hydrogens is 288 g/mol. The summed E-state index contributed by atoms with van der Waals surface area (Å²) in [6.45, 7) is 2.72. The van der Waals surface area contributed by atoms with Gasteiger partial charge in [0.15, 0.2) is 0 Å². The summed E-state index contributed by atoms with van der Waals surface area (Å²) in [7, 11) is 0. The van der Waals surface area contributed by atoms with Crippen LogP contribution in [0.1, 0.15) is 30.3 Å². The van der Waals surface area contributed by atoms with E-state index in [9.17, 15) is 4.79 Å². The first-order valence-corrected chi connectivity index (χ1v) is 7.50. The first kappa shape index (κ1) is 14.3. The van der Waals surface area contributed by atoms with Gasteiger partial charge in [-0.05, 0) is 31.2 Å². The fourth-order valence-corrected chi connectivity index (χ4v) is 2.91. The van der Waals surface area contributed by atoms with E-state index < -0.39 is 0 Å². The molecule has 0 unspecified atom stereocenters. The maximum Gasteiger partial charge on any atom is 0.270 e. The van der Waals surface area contributed by atoms with E-state index in [4.69, 9.17) is 16.3 Å². The minimum Gasteiger partial charge on any atom is -0.376 e. The van der Waals surface area contributed by atoms with Gasteiger partial charge < -0.3 is 10.1 Å². The van der Waals surface area contributed by atoms with Crippen LogP contribution in [0.4, 0.5) is 0 Å². The highest BCUT2D eigenvalue weighted by Gasteiger charge is 2.24. The lowest BCUT2D eigenvalue weighted by Crippen LogP contribution is -2.41. The normalized spacial score (nSPS) is 19.6. The molecule has 1 N–H and O–H groups in total. The molecule has 1 fully saturated rings. The smallest absolute Gasteiger partial charge is 0.270 e. The van der Waals surface area contributed by atoms with Gasteiger partial charge in [0.2, 0.25) is 0 Å².